The second-order valence-electron chi connectivity index (χ2n) is 7.41. The highest BCUT2D eigenvalue weighted by molar-refractivity contribution is 7.89. The molecular weight excluding hydrogens is 342 g/mol. The highest BCUT2D eigenvalue weighted by Gasteiger charge is 2.43. The van der Waals surface area contributed by atoms with Crippen molar-refractivity contribution in [1.29, 1.82) is 0 Å². The van der Waals surface area contributed by atoms with E-state index in [1.807, 2.05) is 0 Å². The number of fused-ring (bicyclic) bond motifs is 2. The van der Waals surface area contributed by atoms with E-state index in [2.05, 4.69) is 4.90 Å². The van der Waals surface area contributed by atoms with E-state index in [9.17, 15) is 18.5 Å². The smallest absolute Gasteiger partial charge is 0.289 e. The lowest BCUT2D eigenvalue weighted by atomic mass is 9.93. The van der Waals surface area contributed by atoms with Gasteiger partial charge in [-0.15, -0.1) is 0 Å². The monoisotopic (exact) mass is 365 g/mol. The van der Waals surface area contributed by atoms with Crippen molar-refractivity contribution in [3.05, 3.63) is 34.4 Å². The van der Waals surface area contributed by atoms with Crippen molar-refractivity contribution in [2.45, 2.75) is 36.6 Å². The molecular formula is C17H23N3O4S. The van der Waals surface area contributed by atoms with Crippen LogP contribution in [0, 0.1) is 22.0 Å². The molecule has 0 radical (unpaired) electrons. The maximum absolute atomic E-state index is 12.9. The molecule has 2 saturated carbocycles. The van der Waals surface area contributed by atoms with Gasteiger partial charge in [-0.1, -0.05) is 18.6 Å². The van der Waals surface area contributed by atoms with Crippen LogP contribution in [0.25, 0.3) is 0 Å². The van der Waals surface area contributed by atoms with E-state index in [1.54, 1.807) is 0 Å². The maximum atomic E-state index is 12.9. The van der Waals surface area contributed by atoms with Crippen LogP contribution in [-0.4, -0.2) is 54.8 Å². The van der Waals surface area contributed by atoms with Crippen LogP contribution >= 0.6 is 0 Å². The van der Waals surface area contributed by atoms with E-state index >= 15 is 0 Å². The van der Waals surface area contributed by atoms with Gasteiger partial charge in [-0.2, -0.15) is 4.31 Å². The van der Waals surface area contributed by atoms with Crippen LogP contribution in [-0.2, 0) is 10.0 Å². The van der Waals surface area contributed by atoms with Crippen LogP contribution in [0.4, 0.5) is 5.69 Å². The van der Waals surface area contributed by atoms with Crippen LogP contribution in [0.15, 0.2) is 29.2 Å². The topological polar surface area (TPSA) is 83.8 Å². The number of hydrogen-bond acceptors (Lipinski definition) is 5. The molecule has 1 aromatic carbocycles. The molecule has 1 heterocycles. The van der Waals surface area contributed by atoms with E-state index in [1.165, 1.54) is 54.3 Å². The molecule has 7 nitrogen and oxygen atoms in total. The summed E-state index contributed by atoms with van der Waals surface area (Å²) in [5.41, 5.74) is -0.349. The first-order valence-corrected chi connectivity index (χ1v) is 10.4. The number of rotatable bonds is 4. The number of benzene rings is 1. The highest BCUT2D eigenvalue weighted by Crippen LogP contribution is 2.46. The molecule has 3 fully saturated rings. The molecule has 1 aliphatic heterocycles. The Morgan fingerprint density at radius 1 is 1.04 bits per heavy atom. The van der Waals surface area contributed by atoms with Crippen molar-refractivity contribution >= 4 is 15.7 Å². The van der Waals surface area contributed by atoms with Crippen molar-refractivity contribution in [3.8, 4) is 0 Å². The van der Waals surface area contributed by atoms with Crippen molar-refractivity contribution in [2.24, 2.45) is 11.8 Å². The Bertz CT molecular complexity index is 774. The maximum Gasteiger partial charge on any atom is 0.289 e. The fourth-order valence-electron chi connectivity index (χ4n) is 4.90. The molecule has 0 amide bonds. The minimum absolute atomic E-state index is 0.201. The van der Waals surface area contributed by atoms with Crippen molar-refractivity contribution in [2.75, 3.05) is 26.2 Å². The van der Waals surface area contributed by atoms with Gasteiger partial charge >= 0.3 is 0 Å². The first kappa shape index (κ1) is 16.9. The zero-order valence-corrected chi connectivity index (χ0v) is 14.9. The van der Waals surface area contributed by atoms with Gasteiger partial charge in [0.05, 0.1) is 4.92 Å². The number of nitro benzene ring substituents is 1. The molecule has 1 aromatic rings. The Kier molecular flexibility index (Phi) is 4.29. The lowest BCUT2D eigenvalue weighted by Crippen LogP contribution is -2.53. The number of para-hydroxylation sites is 1. The van der Waals surface area contributed by atoms with Crippen molar-refractivity contribution < 1.29 is 13.3 Å². The molecule has 0 N–H and O–H groups in total. The molecule has 1 saturated heterocycles. The van der Waals surface area contributed by atoms with Gasteiger partial charge in [0.25, 0.3) is 5.69 Å². The lowest BCUT2D eigenvalue weighted by molar-refractivity contribution is -0.387. The Morgan fingerprint density at radius 3 is 2.36 bits per heavy atom. The number of piperazine rings is 1. The molecule has 25 heavy (non-hydrogen) atoms. The summed E-state index contributed by atoms with van der Waals surface area (Å²) >= 11 is 0. The lowest BCUT2D eigenvalue weighted by Gasteiger charge is -2.40. The van der Waals surface area contributed by atoms with E-state index < -0.39 is 14.9 Å². The normalized spacial score (nSPS) is 30.6. The van der Waals surface area contributed by atoms with Gasteiger partial charge in [0.1, 0.15) is 0 Å². The van der Waals surface area contributed by atoms with Gasteiger partial charge in [-0.05, 0) is 37.2 Å². The molecule has 0 aromatic heterocycles. The van der Waals surface area contributed by atoms with Gasteiger partial charge < -0.3 is 0 Å². The predicted octanol–water partition coefficient (Wildman–Crippen LogP) is 2.09. The average Bonchev–Trinajstić information content (AvgIpc) is 3.25. The first-order valence-electron chi connectivity index (χ1n) is 8.94. The number of nitrogens with zero attached hydrogens (tertiary/aromatic N) is 3. The van der Waals surface area contributed by atoms with Crippen LogP contribution in [0.5, 0.6) is 0 Å². The highest BCUT2D eigenvalue weighted by atomic mass is 32.2. The summed E-state index contributed by atoms with van der Waals surface area (Å²) in [6, 6.07) is 6.21. The minimum atomic E-state index is -3.83. The van der Waals surface area contributed by atoms with Crippen LogP contribution in [0.1, 0.15) is 25.7 Å². The quantitative estimate of drug-likeness (QED) is 0.603. The van der Waals surface area contributed by atoms with E-state index in [4.69, 9.17) is 0 Å². The van der Waals surface area contributed by atoms with Gasteiger partial charge in [0.2, 0.25) is 10.0 Å². The fraction of sp³-hybridized carbons (Fsp3) is 0.647. The first-order chi connectivity index (χ1) is 12.0. The van der Waals surface area contributed by atoms with Gasteiger partial charge in [0.15, 0.2) is 4.90 Å². The summed E-state index contributed by atoms with van der Waals surface area (Å²) < 4.78 is 27.1. The third-order valence-electron chi connectivity index (χ3n) is 6.12. The Hall–Kier alpha value is -1.51. The SMILES string of the molecule is O=[N+]([O-])c1ccccc1S(=O)(=O)N1CCN(C2CC3CCC2C3)CC1. The Balaban J connectivity index is 1.48. The zero-order valence-electron chi connectivity index (χ0n) is 14.1. The predicted molar refractivity (Wildman–Crippen MR) is 92.7 cm³/mol. The van der Waals surface area contributed by atoms with E-state index in [-0.39, 0.29) is 10.6 Å². The van der Waals surface area contributed by atoms with E-state index in [0.717, 1.165) is 11.8 Å². The zero-order chi connectivity index (χ0) is 17.6. The second-order valence-corrected chi connectivity index (χ2v) is 9.31. The number of nitro groups is 1. The van der Waals surface area contributed by atoms with Gasteiger partial charge in [0, 0.05) is 38.3 Å². The van der Waals surface area contributed by atoms with E-state index in [0.29, 0.717) is 32.2 Å². The standard InChI is InChI=1S/C17H23N3O4S/c21-20(22)15-3-1-2-4-17(15)25(23,24)19-9-7-18(8-10-19)16-12-13-5-6-14(16)11-13/h1-4,13-14,16H,5-12H2. The molecule has 2 aliphatic carbocycles. The third-order valence-corrected chi connectivity index (χ3v) is 8.07. The van der Waals surface area contributed by atoms with Crippen LogP contribution < -0.4 is 0 Å². The molecule has 136 valence electrons. The molecule has 3 aliphatic rings. The summed E-state index contributed by atoms with van der Waals surface area (Å²) in [5, 5.41) is 11.2. The fourth-order valence-corrected chi connectivity index (χ4v) is 6.48. The average molecular weight is 365 g/mol. The molecule has 8 heteroatoms. The Labute approximate surface area is 147 Å². The van der Waals surface area contributed by atoms with Crippen molar-refractivity contribution in [1.82, 2.24) is 9.21 Å². The number of sulfonamides is 1. The molecule has 4 rings (SSSR count). The van der Waals surface area contributed by atoms with Crippen LogP contribution in [0.2, 0.25) is 0 Å². The Morgan fingerprint density at radius 2 is 1.76 bits per heavy atom. The molecule has 2 bridgehead atoms. The molecule has 3 unspecified atom stereocenters. The molecule has 3 atom stereocenters. The summed E-state index contributed by atoms with van der Waals surface area (Å²) in [6.07, 6.45) is 5.25. The second kappa shape index (κ2) is 6.34. The summed E-state index contributed by atoms with van der Waals surface area (Å²) in [4.78, 5) is 12.8. The van der Waals surface area contributed by atoms with Gasteiger partial charge in [-0.25, -0.2) is 8.42 Å². The summed E-state index contributed by atoms with van der Waals surface area (Å²) in [6.45, 7) is 2.24. The largest absolute Gasteiger partial charge is 0.297 e. The van der Waals surface area contributed by atoms with Crippen molar-refractivity contribution in [3.63, 3.8) is 0 Å². The number of hydrogen-bond donors (Lipinski definition) is 0. The summed E-state index contributed by atoms with van der Waals surface area (Å²) in [7, 11) is -3.83. The molecule has 0 spiro atoms. The summed E-state index contributed by atoms with van der Waals surface area (Å²) in [5.74, 6) is 1.65. The minimum Gasteiger partial charge on any atom is -0.297 e. The van der Waals surface area contributed by atoms with Gasteiger partial charge in [-0.3, -0.25) is 15.0 Å². The third kappa shape index (κ3) is 2.96. The van der Waals surface area contributed by atoms with Crippen LogP contribution in [0.3, 0.4) is 0 Å².